The van der Waals surface area contributed by atoms with Gasteiger partial charge in [0, 0.05) is 58.6 Å². The summed E-state index contributed by atoms with van der Waals surface area (Å²) in [6.07, 6.45) is 0. The highest BCUT2D eigenvalue weighted by Crippen LogP contribution is 2.22. The van der Waals surface area contributed by atoms with E-state index in [0.29, 0.717) is 18.8 Å². The molecule has 0 spiro atoms. The lowest BCUT2D eigenvalue weighted by molar-refractivity contribution is 0.181. The molecule has 3 rings (SSSR count). The van der Waals surface area contributed by atoms with Crippen molar-refractivity contribution in [2.24, 2.45) is 0 Å². The number of hydrogen-bond acceptors (Lipinski definition) is 5. The van der Waals surface area contributed by atoms with Crippen molar-refractivity contribution in [3.8, 4) is 5.75 Å². The fraction of sp³-hybridized carbons (Fsp3) is 0.400. The number of methoxy groups -OCH3 is 1. The molecule has 0 aromatic heterocycles. The fourth-order valence-corrected chi connectivity index (χ4v) is 4.65. The van der Waals surface area contributed by atoms with E-state index in [4.69, 9.17) is 4.74 Å². The van der Waals surface area contributed by atoms with Crippen LogP contribution in [-0.2, 0) is 16.6 Å². The van der Waals surface area contributed by atoms with E-state index in [1.54, 1.807) is 28.6 Å². The van der Waals surface area contributed by atoms with Crippen LogP contribution in [-0.4, -0.2) is 65.0 Å². The molecule has 1 saturated heterocycles. The highest BCUT2D eigenvalue weighted by Gasteiger charge is 2.28. The Morgan fingerprint density at radius 1 is 1.00 bits per heavy atom. The molecule has 0 bridgehead atoms. The van der Waals surface area contributed by atoms with E-state index in [2.05, 4.69) is 34.1 Å². The van der Waals surface area contributed by atoms with E-state index in [1.165, 1.54) is 18.4 Å². The molecule has 1 aliphatic heterocycles. The van der Waals surface area contributed by atoms with Crippen molar-refractivity contribution in [2.75, 3.05) is 52.3 Å². The maximum Gasteiger partial charge on any atom is 0.243 e. The molecule has 6 nitrogen and oxygen atoms in total. The van der Waals surface area contributed by atoms with Crippen molar-refractivity contribution in [1.29, 1.82) is 0 Å². The SMILES string of the molecule is COc1cccc(S(=O)(=O)N2CCN(Cc3ccc(N(C)C)cc3)CC2)c1. The number of hydrogen-bond donors (Lipinski definition) is 0. The van der Waals surface area contributed by atoms with E-state index < -0.39 is 10.0 Å². The van der Waals surface area contributed by atoms with Crippen LogP contribution in [0.15, 0.2) is 53.4 Å². The second kappa shape index (κ2) is 8.29. The Labute approximate surface area is 162 Å². The average Bonchev–Trinajstić information content (AvgIpc) is 2.69. The van der Waals surface area contributed by atoms with E-state index in [9.17, 15) is 8.42 Å². The van der Waals surface area contributed by atoms with Crippen molar-refractivity contribution in [1.82, 2.24) is 9.21 Å². The predicted octanol–water partition coefficient (Wildman–Crippen LogP) is 2.27. The first-order chi connectivity index (χ1) is 12.9. The van der Waals surface area contributed by atoms with Gasteiger partial charge in [-0.3, -0.25) is 4.90 Å². The molecule has 0 N–H and O–H groups in total. The summed E-state index contributed by atoms with van der Waals surface area (Å²) in [6, 6.07) is 15.1. The van der Waals surface area contributed by atoms with Crippen LogP contribution >= 0.6 is 0 Å². The van der Waals surface area contributed by atoms with Crippen molar-refractivity contribution in [3.63, 3.8) is 0 Å². The number of piperazine rings is 1. The molecule has 0 aliphatic carbocycles. The van der Waals surface area contributed by atoms with Gasteiger partial charge >= 0.3 is 0 Å². The number of nitrogens with zero attached hydrogens (tertiary/aromatic N) is 3. The molecule has 0 unspecified atom stereocenters. The van der Waals surface area contributed by atoms with Gasteiger partial charge in [0.25, 0.3) is 0 Å². The van der Waals surface area contributed by atoms with Crippen LogP contribution in [0.25, 0.3) is 0 Å². The van der Waals surface area contributed by atoms with E-state index in [0.717, 1.165) is 19.6 Å². The maximum absolute atomic E-state index is 12.9. The van der Waals surface area contributed by atoms with Gasteiger partial charge in [-0.05, 0) is 29.8 Å². The molecule has 146 valence electrons. The largest absolute Gasteiger partial charge is 0.497 e. The first kappa shape index (κ1) is 19.7. The maximum atomic E-state index is 12.9. The Balaban J connectivity index is 1.61. The van der Waals surface area contributed by atoms with Crippen LogP contribution in [0.5, 0.6) is 5.75 Å². The molecule has 1 fully saturated rings. The Hall–Kier alpha value is -2.09. The lowest BCUT2D eigenvalue weighted by atomic mass is 10.2. The second-order valence-corrected chi connectivity index (χ2v) is 8.86. The van der Waals surface area contributed by atoms with Crippen molar-refractivity contribution >= 4 is 15.7 Å². The molecular weight excluding hydrogens is 362 g/mol. The van der Waals surface area contributed by atoms with Crippen LogP contribution in [0, 0.1) is 0 Å². The van der Waals surface area contributed by atoms with Gasteiger partial charge in [-0.25, -0.2) is 8.42 Å². The smallest absolute Gasteiger partial charge is 0.243 e. The van der Waals surface area contributed by atoms with Crippen molar-refractivity contribution in [3.05, 3.63) is 54.1 Å². The van der Waals surface area contributed by atoms with Crippen molar-refractivity contribution in [2.45, 2.75) is 11.4 Å². The molecule has 0 amide bonds. The second-order valence-electron chi connectivity index (χ2n) is 6.92. The summed E-state index contributed by atoms with van der Waals surface area (Å²) in [6.45, 7) is 3.27. The highest BCUT2D eigenvalue weighted by atomic mass is 32.2. The minimum atomic E-state index is -3.48. The quantitative estimate of drug-likeness (QED) is 0.759. The number of sulfonamides is 1. The lowest BCUT2D eigenvalue weighted by Crippen LogP contribution is -2.48. The van der Waals surface area contributed by atoms with Crippen LogP contribution in [0.4, 0.5) is 5.69 Å². The van der Waals surface area contributed by atoms with Gasteiger partial charge in [0.15, 0.2) is 0 Å². The Morgan fingerprint density at radius 3 is 2.26 bits per heavy atom. The predicted molar refractivity (Wildman–Crippen MR) is 108 cm³/mol. The molecule has 2 aromatic carbocycles. The van der Waals surface area contributed by atoms with Crippen molar-refractivity contribution < 1.29 is 13.2 Å². The van der Waals surface area contributed by atoms with Gasteiger partial charge in [0.1, 0.15) is 5.75 Å². The minimum Gasteiger partial charge on any atom is -0.497 e. The van der Waals surface area contributed by atoms with Gasteiger partial charge in [-0.15, -0.1) is 0 Å². The van der Waals surface area contributed by atoms with Gasteiger partial charge in [-0.1, -0.05) is 18.2 Å². The standard InChI is InChI=1S/C20H27N3O3S/c1-21(2)18-9-7-17(8-10-18)16-22-11-13-23(14-12-22)27(24,25)20-6-4-5-19(15-20)26-3/h4-10,15H,11-14,16H2,1-3H3. The summed E-state index contributed by atoms with van der Waals surface area (Å²) >= 11 is 0. The summed E-state index contributed by atoms with van der Waals surface area (Å²) in [5, 5.41) is 0. The summed E-state index contributed by atoms with van der Waals surface area (Å²) in [4.78, 5) is 4.66. The zero-order chi connectivity index (χ0) is 19.4. The normalized spacial score (nSPS) is 16.3. The molecule has 2 aromatic rings. The van der Waals surface area contributed by atoms with Gasteiger partial charge in [0.2, 0.25) is 10.0 Å². The topological polar surface area (TPSA) is 53.1 Å². The fourth-order valence-electron chi connectivity index (χ4n) is 3.20. The number of rotatable bonds is 6. The zero-order valence-corrected chi connectivity index (χ0v) is 16.9. The first-order valence-electron chi connectivity index (χ1n) is 9.03. The molecular formula is C20H27N3O3S. The van der Waals surface area contributed by atoms with Crippen LogP contribution < -0.4 is 9.64 Å². The number of ether oxygens (including phenoxy) is 1. The first-order valence-corrected chi connectivity index (χ1v) is 10.5. The molecule has 1 heterocycles. The number of anilines is 1. The minimum absolute atomic E-state index is 0.287. The summed E-state index contributed by atoms with van der Waals surface area (Å²) < 4.78 is 32.5. The van der Waals surface area contributed by atoms with Gasteiger partial charge in [-0.2, -0.15) is 4.31 Å². The third-order valence-corrected chi connectivity index (χ3v) is 6.76. The summed E-state index contributed by atoms with van der Waals surface area (Å²) in [5.74, 6) is 0.552. The molecule has 1 aliphatic rings. The van der Waals surface area contributed by atoms with E-state index >= 15 is 0 Å². The third-order valence-electron chi connectivity index (χ3n) is 4.87. The summed E-state index contributed by atoms with van der Waals surface area (Å²) in [7, 11) is 2.10. The summed E-state index contributed by atoms with van der Waals surface area (Å²) in [5.41, 5.74) is 2.41. The Kier molecular flexibility index (Phi) is 6.04. The molecule has 7 heteroatoms. The molecule has 0 radical (unpaired) electrons. The Morgan fingerprint density at radius 2 is 1.67 bits per heavy atom. The van der Waals surface area contributed by atoms with E-state index in [-0.39, 0.29) is 4.90 Å². The average molecular weight is 390 g/mol. The van der Waals surface area contributed by atoms with Crippen LogP contribution in [0.2, 0.25) is 0 Å². The lowest BCUT2D eigenvalue weighted by Gasteiger charge is -2.34. The Bertz CT molecular complexity index is 858. The van der Waals surface area contributed by atoms with Gasteiger partial charge in [0.05, 0.1) is 12.0 Å². The van der Waals surface area contributed by atoms with E-state index in [1.807, 2.05) is 14.1 Å². The van der Waals surface area contributed by atoms with Crippen LogP contribution in [0.3, 0.4) is 0 Å². The molecule has 0 atom stereocenters. The third kappa shape index (κ3) is 4.61. The highest BCUT2D eigenvalue weighted by molar-refractivity contribution is 7.89. The monoisotopic (exact) mass is 389 g/mol. The zero-order valence-electron chi connectivity index (χ0n) is 16.1. The molecule has 0 saturated carbocycles. The number of benzene rings is 2. The molecule has 27 heavy (non-hydrogen) atoms. The van der Waals surface area contributed by atoms with Crippen LogP contribution in [0.1, 0.15) is 5.56 Å². The van der Waals surface area contributed by atoms with Gasteiger partial charge < -0.3 is 9.64 Å².